The van der Waals surface area contributed by atoms with Crippen LogP contribution in [0, 0.1) is 6.92 Å². The van der Waals surface area contributed by atoms with Crippen LogP contribution in [0.15, 0.2) is 24.3 Å². The first-order chi connectivity index (χ1) is 7.00. The van der Waals surface area contributed by atoms with Gasteiger partial charge in [0, 0.05) is 5.56 Å². The minimum atomic E-state index is -0.250. The molecule has 1 aromatic rings. The molecule has 1 amide bonds. The molecule has 15 heavy (non-hydrogen) atoms. The number of likely N-dealkylation sites (N-methyl/N-ethyl adjacent to an activating group) is 1. The average Bonchev–Trinajstić information content (AvgIpc) is 2.20. The lowest BCUT2D eigenvalue weighted by atomic mass is 10.1. The summed E-state index contributed by atoms with van der Waals surface area (Å²) in [4.78, 5) is 12.1. The predicted octanol–water partition coefficient (Wildman–Crippen LogP) is -0.116. The lowest BCUT2D eigenvalue weighted by Crippen LogP contribution is -3.12. The molecule has 82 valence electrons. The number of hydrogen-bond acceptors (Lipinski definition) is 1. The summed E-state index contributed by atoms with van der Waals surface area (Å²) >= 11 is 0. The van der Waals surface area contributed by atoms with E-state index in [1.54, 1.807) is 0 Å². The standard InChI is InChI=1S/C12H18N2O/c1-9-4-6-11(7-5-9)8-14(3)10(2)12(13)15/h4-7,10H,8H2,1-3H3,(H2,13,15)/p+1/t10-/m0/s1. The number of aryl methyl sites for hydroxylation is 1. The molecule has 3 heteroatoms. The molecule has 1 rings (SSSR count). The van der Waals surface area contributed by atoms with Crippen molar-refractivity contribution < 1.29 is 9.69 Å². The summed E-state index contributed by atoms with van der Waals surface area (Å²) in [7, 11) is 1.98. The Hall–Kier alpha value is -1.35. The van der Waals surface area contributed by atoms with Crippen LogP contribution in [0.4, 0.5) is 0 Å². The van der Waals surface area contributed by atoms with E-state index < -0.39 is 0 Å². The Balaban J connectivity index is 2.62. The summed E-state index contributed by atoms with van der Waals surface area (Å²) < 4.78 is 0. The van der Waals surface area contributed by atoms with E-state index in [4.69, 9.17) is 5.73 Å². The van der Waals surface area contributed by atoms with Gasteiger partial charge in [0.15, 0.2) is 6.04 Å². The van der Waals surface area contributed by atoms with E-state index in [2.05, 4.69) is 31.2 Å². The van der Waals surface area contributed by atoms with Crippen LogP contribution in [0.3, 0.4) is 0 Å². The number of amides is 1. The Bertz CT molecular complexity index is 332. The highest BCUT2D eigenvalue weighted by atomic mass is 16.1. The van der Waals surface area contributed by atoms with E-state index in [1.807, 2.05) is 14.0 Å². The maximum absolute atomic E-state index is 11.0. The second-order valence-electron chi connectivity index (χ2n) is 4.13. The maximum Gasteiger partial charge on any atom is 0.275 e. The number of primary amides is 1. The van der Waals surface area contributed by atoms with Crippen LogP contribution in [0.1, 0.15) is 18.1 Å². The van der Waals surface area contributed by atoms with Crippen molar-refractivity contribution in [2.75, 3.05) is 7.05 Å². The van der Waals surface area contributed by atoms with E-state index in [0.29, 0.717) is 0 Å². The molecule has 3 nitrogen and oxygen atoms in total. The fraction of sp³-hybridized carbons (Fsp3) is 0.417. The molecule has 0 bridgehead atoms. The van der Waals surface area contributed by atoms with Crippen molar-refractivity contribution >= 4 is 5.91 Å². The van der Waals surface area contributed by atoms with E-state index in [9.17, 15) is 4.79 Å². The van der Waals surface area contributed by atoms with Gasteiger partial charge in [-0.1, -0.05) is 29.8 Å². The van der Waals surface area contributed by atoms with Gasteiger partial charge in [-0.05, 0) is 13.8 Å². The molecular weight excluding hydrogens is 188 g/mol. The first-order valence-electron chi connectivity index (χ1n) is 5.18. The van der Waals surface area contributed by atoms with E-state index in [-0.39, 0.29) is 11.9 Å². The minimum Gasteiger partial charge on any atom is -0.365 e. The first-order valence-corrected chi connectivity index (χ1v) is 5.18. The number of carbonyl (C=O) groups is 1. The lowest BCUT2D eigenvalue weighted by molar-refractivity contribution is -0.908. The number of quaternary nitrogens is 1. The monoisotopic (exact) mass is 207 g/mol. The normalized spacial score (nSPS) is 14.6. The number of hydrogen-bond donors (Lipinski definition) is 2. The molecule has 0 radical (unpaired) electrons. The summed E-state index contributed by atoms with van der Waals surface area (Å²) in [5, 5.41) is 0. The Morgan fingerprint density at radius 1 is 1.40 bits per heavy atom. The van der Waals surface area contributed by atoms with Crippen LogP contribution in [0.2, 0.25) is 0 Å². The van der Waals surface area contributed by atoms with Crippen molar-refractivity contribution in [3.05, 3.63) is 35.4 Å². The van der Waals surface area contributed by atoms with Gasteiger partial charge in [-0.15, -0.1) is 0 Å². The molecule has 3 N–H and O–H groups in total. The zero-order chi connectivity index (χ0) is 11.4. The van der Waals surface area contributed by atoms with Crippen LogP contribution in [0.5, 0.6) is 0 Å². The summed E-state index contributed by atoms with van der Waals surface area (Å²) in [5.74, 6) is -0.250. The molecule has 0 saturated heterocycles. The summed E-state index contributed by atoms with van der Waals surface area (Å²) in [6.45, 7) is 4.74. The Morgan fingerprint density at radius 3 is 2.40 bits per heavy atom. The van der Waals surface area contributed by atoms with Gasteiger partial charge < -0.3 is 10.6 Å². The third kappa shape index (κ3) is 3.36. The van der Waals surface area contributed by atoms with Crippen molar-refractivity contribution in [2.45, 2.75) is 26.4 Å². The van der Waals surface area contributed by atoms with Crippen molar-refractivity contribution in [2.24, 2.45) is 5.73 Å². The Morgan fingerprint density at radius 2 is 1.93 bits per heavy atom. The zero-order valence-electron chi connectivity index (χ0n) is 9.58. The summed E-state index contributed by atoms with van der Waals surface area (Å²) in [6.07, 6.45) is 0. The second kappa shape index (κ2) is 4.94. The zero-order valence-corrected chi connectivity index (χ0v) is 9.58. The topological polar surface area (TPSA) is 47.5 Å². The van der Waals surface area contributed by atoms with Crippen molar-refractivity contribution in [1.29, 1.82) is 0 Å². The summed E-state index contributed by atoms with van der Waals surface area (Å²) in [5.41, 5.74) is 7.73. The highest BCUT2D eigenvalue weighted by Gasteiger charge is 2.18. The fourth-order valence-corrected chi connectivity index (χ4v) is 1.42. The molecule has 2 atom stereocenters. The number of rotatable bonds is 4. The van der Waals surface area contributed by atoms with Gasteiger partial charge in [0.1, 0.15) is 6.54 Å². The molecule has 0 aliphatic heterocycles. The quantitative estimate of drug-likeness (QED) is 0.710. The van der Waals surface area contributed by atoms with Crippen LogP contribution >= 0.6 is 0 Å². The van der Waals surface area contributed by atoms with E-state index >= 15 is 0 Å². The third-order valence-corrected chi connectivity index (χ3v) is 2.77. The largest absolute Gasteiger partial charge is 0.365 e. The van der Waals surface area contributed by atoms with Crippen molar-refractivity contribution in [1.82, 2.24) is 0 Å². The second-order valence-corrected chi connectivity index (χ2v) is 4.13. The van der Waals surface area contributed by atoms with E-state index in [1.165, 1.54) is 11.1 Å². The van der Waals surface area contributed by atoms with Gasteiger partial charge in [0.05, 0.1) is 7.05 Å². The van der Waals surface area contributed by atoms with Gasteiger partial charge in [0.25, 0.3) is 5.91 Å². The molecule has 0 fully saturated rings. The highest BCUT2D eigenvalue weighted by Crippen LogP contribution is 2.01. The molecule has 0 aromatic heterocycles. The van der Waals surface area contributed by atoms with Crippen LogP contribution in [-0.4, -0.2) is 19.0 Å². The van der Waals surface area contributed by atoms with E-state index in [0.717, 1.165) is 11.4 Å². The number of carbonyl (C=O) groups excluding carboxylic acids is 1. The maximum atomic E-state index is 11.0. The third-order valence-electron chi connectivity index (χ3n) is 2.77. The molecule has 0 aliphatic rings. The average molecular weight is 207 g/mol. The molecule has 1 unspecified atom stereocenters. The van der Waals surface area contributed by atoms with Crippen molar-refractivity contribution in [3.8, 4) is 0 Å². The van der Waals surface area contributed by atoms with Crippen LogP contribution in [-0.2, 0) is 11.3 Å². The Kier molecular flexibility index (Phi) is 3.86. The predicted molar refractivity (Wildman–Crippen MR) is 60.4 cm³/mol. The fourth-order valence-electron chi connectivity index (χ4n) is 1.42. The molecule has 0 spiro atoms. The SMILES string of the molecule is Cc1ccc(C[NH+](C)[C@@H](C)C(N)=O)cc1. The molecule has 1 aromatic carbocycles. The van der Waals surface area contributed by atoms with Gasteiger partial charge >= 0.3 is 0 Å². The van der Waals surface area contributed by atoms with Crippen LogP contribution < -0.4 is 10.6 Å². The smallest absolute Gasteiger partial charge is 0.275 e. The molecule has 0 aliphatic carbocycles. The van der Waals surface area contributed by atoms with Gasteiger partial charge in [-0.3, -0.25) is 4.79 Å². The first kappa shape index (κ1) is 11.7. The van der Waals surface area contributed by atoms with Gasteiger partial charge in [-0.25, -0.2) is 0 Å². The minimum absolute atomic E-state index is 0.147. The van der Waals surface area contributed by atoms with Gasteiger partial charge in [-0.2, -0.15) is 0 Å². The number of nitrogens with two attached hydrogens (primary N) is 1. The molecule has 0 heterocycles. The number of nitrogens with one attached hydrogen (secondary N) is 1. The highest BCUT2D eigenvalue weighted by molar-refractivity contribution is 5.77. The Labute approximate surface area is 90.9 Å². The molecular formula is C12H19N2O+. The van der Waals surface area contributed by atoms with Gasteiger partial charge in [0.2, 0.25) is 0 Å². The van der Waals surface area contributed by atoms with Crippen molar-refractivity contribution in [3.63, 3.8) is 0 Å². The lowest BCUT2D eigenvalue weighted by Gasteiger charge is -2.18. The van der Waals surface area contributed by atoms with Crippen LogP contribution in [0.25, 0.3) is 0 Å². The molecule has 0 saturated carbocycles. The summed E-state index contributed by atoms with van der Waals surface area (Å²) in [6, 6.07) is 8.19. The number of benzene rings is 1.